The number of hydrogen-bond donors (Lipinski definition) is 2. The molecule has 0 saturated carbocycles. The molecule has 0 aliphatic heterocycles. The van der Waals surface area contributed by atoms with E-state index in [-0.39, 0.29) is 5.91 Å². The number of nitrogens with one attached hydrogen (secondary N) is 1. The molecule has 1 aromatic carbocycles. The fourth-order valence-corrected chi connectivity index (χ4v) is 1.83. The van der Waals surface area contributed by atoms with Gasteiger partial charge in [0.25, 0.3) is 5.91 Å². The molecule has 110 valence electrons. The van der Waals surface area contributed by atoms with Gasteiger partial charge in [-0.3, -0.25) is 4.79 Å². The summed E-state index contributed by atoms with van der Waals surface area (Å²) >= 11 is 6.14. The molecule has 1 amide bonds. The first-order chi connectivity index (χ1) is 9.53. The summed E-state index contributed by atoms with van der Waals surface area (Å²) in [5.74, 6) is 0.514. The quantitative estimate of drug-likeness (QED) is 0.754. The summed E-state index contributed by atoms with van der Waals surface area (Å²) in [6.07, 6.45) is 0.888. The van der Waals surface area contributed by atoms with Crippen LogP contribution >= 0.6 is 11.6 Å². The van der Waals surface area contributed by atoms with Crippen molar-refractivity contribution in [2.24, 2.45) is 5.73 Å². The summed E-state index contributed by atoms with van der Waals surface area (Å²) < 4.78 is 10.8. The van der Waals surface area contributed by atoms with Crippen molar-refractivity contribution in [1.82, 2.24) is 5.32 Å². The van der Waals surface area contributed by atoms with E-state index in [9.17, 15) is 4.79 Å². The second kappa shape index (κ2) is 7.77. The molecule has 0 radical (unpaired) electrons. The summed E-state index contributed by atoms with van der Waals surface area (Å²) in [6, 6.07) is 3.42. The van der Waals surface area contributed by atoms with Gasteiger partial charge in [0.05, 0.1) is 12.1 Å². The highest BCUT2D eigenvalue weighted by Gasteiger charge is 2.19. The zero-order valence-corrected chi connectivity index (χ0v) is 12.4. The molecular weight excluding hydrogens is 280 g/mol. The monoisotopic (exact) mass is 298 g/mol. The second-order valence-electron chi connectivity index (χ2n) is 4.11. The van der Waals surface area contributed by atoms with Gasteiger partial charge >= 0.3 is 0 Å². The van der Waals surface area contributed by atoms with Crippen LogP contribution in [0.25, 0.3) is 0 Å². The highest BCUT2D eigenvalue weighted by molar-refractivity contribution is 6.32. The molecule has 20 heavy (non-hydrogen) atoms. The molecule has 1 aromatic rings. The molecule has 3 N–H and O–H groups in total. The van der Waals surface area contributed by atoms with Crippen LogP contribution in [-0.2, 0) is 11.3 Å². The summed E-state index contributed by atoms with van der Waals surface area (Å²) in [5.41, 5.74) is 6.39. The smallest absolute Gasteiger partial charge is 0.261 e. The van der Waals surface area contributed by atoms with Crippen LogP contribution in [0.2, 0.25) is 5.02 Å². The van der Waals surface area contributed by atoms with E-state index in [0.29, 0.717) is 29.6 Å². The predicted octanol–water partition coefficient (Wildman–Crippen LogP) is 1.88. The van der Waals surface area contributed by atoms with Crippen molar-refractivity contribution in [3.8, 4) is 11.5 Å². The van der Waals surface area contributed by atoms with Crippen molar-refractivity contribution in [2.45, 2.75) is 19.6 Å². The molecule has 1 atom stereocenters. The van der Waals surface area contributed by atoms with Crippen LogP contribution < -0.4 is 20.5 Å². The third-order valence-electron chi connectivity index (χ3n) is 2.61. The Kier molecular flexibility index (Phi) is 6.35. The first kappa shape index (κ1) is 16.3. The van der Waals surface area contributed by atoms with Gasteiger partial charge in [0.1, 0.15) is 0 Å². The Morgan fingerprint density at radius 1 is 1.60 bits per heavy atom. The number of rotatable bonds is 7. The average Bonchev–Trinajstić information content (AvgIpc) is 2.46. The maximum atomic E-state index is 11.8. The first-order valence-corrected chi connectivity index (χ1v) is 6.53. The summed E-state index contributed by atoms with van der Waals surface area (Å²) in [4.78, 5) is 11.8. The van der Waals surface area contributed by atoms with Gasteiger partial charge in [0.15, 0.2) is 17.6 Å². The van der Waals surface area contributed by atoms with E-state index < -0.39 is 6.10 Å². The van der Waals surface area contributed by atoms with Gasteiger partial charge in [0, 0.05) is 13.1 Å². The van der Waals surface area contributed by atoms with E-state index in [1.807, 2.05) is 0 Å². The summed E-state index contributed by atoms with van der Waals surface area (Å²) in [7, 11) is 1.50. The molecule has 0 heterocycles. The SMILES string of the molecule is C=CCNC(=O)C(C)Oc1c(Cl)cc(CN)cc1OC. The third kappa shape index (κ3) is 4.15. The highest BCUT2D eigenvalue weighted by Crippen LogP contribution is 2.37. The Morgan fingerprint density at radius 2 is 2.30 bits per heavy atom. The molecule has 0 bridgehead atoms. The zero-order valence-electron chi connectivity index (χ0n) is 11.6. The van der Waals surface area contributed by atoms with E-state index in [0.717, 1.165) is 5.56 Å². The van der Waals surface area contributed by atoms with Crippen molar-refractivity contribution >= 4 is 17.5 Å². The molecule has 5 nitrogen and oxygen atoms in total. The minimum atomic E-state index is -0.704. The minimum Gasteiger partial charge on any atom is -0.493 e. The van der Waals surface area contributed by atoms with E-state index in [1.54, 1.807) is 25.1 Å². The number of ether oxygens (including phenoxy) is 2. The number of benzene rings is 1. The van der Waals surface area contributed by atoms with Crippen molar-refractivity contribution in [2.75, 3.05) is 13.7 Å². The van der Waals surface area contributed by atoms with Crippen LogP contribution in [0, 0.1) is 0 Å². The van der Waals surface area contributed by atoms with E-state index >= 15 is 0 Å². The molecule has 1 unspecified atom stereocenters. The number of halogens is 1. The second-order valence-corrected chi connectivity index (χ2v) is 4.51. The van der Waals surface area contributed by atoms with Gasteiger partial charge in [0.2, 0.25) is 0 Å². The number of hydrogen-bond acceptors (Lipinski definition) is 4. The van der Waals surface area contributed by atoms with Crippen molar-refractivity contribution in [3.63, 3.8) is 0 Å². The van der Waals surface area contributed by atoms with Gasteiger partial charge in [-0.25, -0.2) is 0 Å². The van der Waals surface area contributed by atoms with E-state index in [1.165, 1.54) is 7.11 Å². The number of methoxy groups -OCH3 is 1. The number of carbonyl (C=O) groups is 1. The lowest BCUT2D eigenvalue weighted by Crippen LogP contribution is -2.36. The number of nitrogens with two attached hydrogens (primary N) is 1. The lowest BCUT2D eigenvalue weighted by molar-refractivity contribution is -0.127. The number of carbonyl (C=O) groups excluding carboxylic acids is 1. The summed E-state index contributed by atoms with van der Waals surface area (Å²) in [6.45, 7) is 5.88. The van der Waals surface area contributed by atoms with Gasteiger partial charge in [-0.05, 0) is 24.6 Å². The van der Waals surface area contributed by atoms with Crippen LogP contribution in [0.3, 0.4) is 0 Å². The Bertz CT molecular complexity index is 492. The molecule has 0 aliphatic rings. The van der Waals surface area contributed by atoms with Crippen LogP contribution in [-0.4, -0.2) is 25.7 Å². The lowest BCUT2D eigenvalue weighted by atomic mass is 10.2. The summed E-state index contributed by atoms with van der Waals surface area (Å²) in [5, 5.41) is 3.00. The van der Waals surface area contributed by atoms with Crippen LogP contribution in [0.1, 0.15) is 12.5 Å². The van der Waals surface area contributed by atoms with Crippen LogP contribution in [0.5, 0.6) is 11.5 Å². The lowest BCUT2D eigenvalue weighted by Gasteiger charge is -2.18. The van der Waals surface area contributed by atoms with Crippen molar-refractivity contribution in [3.05, 3.63) is 35.4 Å². The molecular formula is C14H19ClN2O3. The van der Waals surface area contributed by atoms with Crippen molar-refractivity contribution < 1.29 is 14.3 Å². The Balaban J connectivity index is 2.91. The van der Waals surface area contributed by atoms with Crippen LogP contribution in [0.4, 0.5) is 0 Å². The minimum absolute atomic E-state index is 0.258. The fraction of sp³-hybridized carbons (Fsp3) is 0.357. The normalized spacial score (nSPS) is 11.6. The molecule has 0 saturated heterocycles. The molecule has 0 fully saturated rings. The van der Waals surface area contributed by atoms with Gasteiger partial charge in [-0.15, -0.1) is 6.58 Å². The standard InChI is InChI=1S/C14H19ClN2O3/c1-4-5-17-14(18)9(2)20-13-11(15)6-10(8-16)7-12(13)19-3/h4,6-7,9H,1,5,8,16H2,2-3H3,(H,17,18). The van der Waals surface area contributed by atoms with Crippen LogP contribution in [0.15, 0.2) is 24.8 Å². The maximum absolute atomic E-state index is 11.8. The Morgan fingerprint density at radius 3 is 2.85 bits per heavy atom. The largest absolute Gasteiger partial charge is 0.493 e. The predicted molar refractivity (Wildman–Crippen MR) is 79.2 cm³/mol. The zero-order chi connectivity index (χ0) is 15.1. The maximum Gasteiger partial charge on any atom is 0.261 e. The fourth-order valence-electron chi connectivity index (χ4n) is 1.55. The molecule has 6 heteroatoms. The van der Waals surface area contributed by atoms with Crippen molar-refractivity contribution in [1.29, 1.82) is 0 Å². The third-order valence-corrected chi connectivity index (χ3v) is 2.89. The molecule has 0 aromatic heterocycles. The van der Waals surface area contributed by atoms with Gasteiger partial charge in [-0.1, -0.05) is 17.7 Å². The molecule has 0 spiro atoms. The topological polar surface area (TPSA) is 73.6 Å². The van der Waals surface area contributed by atoms with Gasteiger partial charge < -0.3 is 20.5 Å². The first-order valence-electron chi connectivity index (χ1n) is 6.15. The molecule has 1 rings (SSSR count). The van der Waals surface area contributed by atoms with Gasteiger partial charge in [-0.2, -0.15) is 0 Å². The number of amides is 1. The van der Waals surface area contributed by atoms with E-state index in [2.05, 4.69) is 11.9 Å². The van der Waals surface area contributed by atoms with E-state index in [4.69, 9.17) is 26.8 Å². The Hall–Kier alpha value is -1.72. The average molecular weight is 299 g/mol. The Labute approximate surface area is 123 Å². The highest BCUT2D eigenvalue weighted by atomic mass is 35.5. The molecule has 0 aliphatic carbocycles.